The molecule has 0 radical (unpaired) electrons. The quantitative estimate of drug-likeness (QED) is 0.730. The number of aromatic amines is 1. The summed E-state index contributed by atoms with van der Waals surface area (Å²) in [5.41, 5.74) is 10.3. The molecule has 6 heteroatoms. The van der Waals surface area contributed by atoms with Gasteiger partial charge in [-0.15, -0.1) is 0 Å². The van der Waals surface area contributed by atoms with Gasteiger partial charge in [0.25, 0.3) is 0 Å². The lowest BCUT2D eigenvalue weighted by Gasteiger charge is -2.28. The molecule has 1 aliphatic heterocycles. The van der Waals surface area contributed by atoms with Crippen LogP contribution in [0.2, 0.25) is 0 Å². The van der Waals surface area contributed by atoms with Crippen molar-refractivity contribution < 1.29 is 0 Å². The summed E-state index contributed by atoms with van der Waals surface area (Å²) in [6, 6.07) is 19.9. The van der Waals surface area contributed by atoms with Crippen LogP contribution in [0.25, 0.3) is 16.6 Å². The fourth-order valence-electron chi connectivity index (χ4n) is 3.57. The van der Waals surface area contributed by atoms with Crippen molar-refractivity contribution in [1.82, 2.24) is 10.2 Å². The molecule has 2 unspecified atom stereocenters. The molecule has 1 aliphatic rings. The average molecular weight is 352 g/mol. The number of aromatic nitrogens is 2. The summed E-state index contributed by atoms with van der Waals surface area (Å²) in [5.74, 6) is -0.531. The summed E-state index contributed by atoms with van der Waals surface area (Å²) in [5, 5.41) is 27.4. The van der Waals surface area contributed by atoms with E-state index < -0.39 is 11.8 Å². The van der Waals surface area contributed by atoms with E-state index in [1.165, 1.54) is 0 Å². The van der Waals surface area contributed by atoms with Crippen molar-refractivity contribution in [1.29, 1.82) is 10.5 Å². The van der Waals surface area contributed by atoms with Crippen LogP contribution in [-0.4, -0.2) is 15.9 Å². The number of benzene rings is 2. The van der Waals surface area contributed by atoms with Gasteiger partial charge < -0.3 is 5.73 Å². The van der Waals surface area contributed by atoms with Gasteiger partial charge in [-0.25, -0.2) is 0 Å². The van der Waals surface area contributed by atoms with Crippen LogP contribution in [0.5, 0.6) is 0 Å². The second kappa shape index (κ2) is 6.44. The van der Waals surface area contributed by atoms with Gasteiger partial charge in [0, 0.05) is 22.6 Å². The molecule has 0 saturated carbocycles. The monoisotopic (exact) mass is 352 g/mol. The van der Waals surface area contributed by atoms with Crippen molar-refractivity contribution >= 4 is 28.1 Å². The zero-order chi connectivity index (χ0) is 19.0. The maximum absolute atomic E-state index is 9.95. The molecule has 3 aromatic rings. The Bertz CT molecular complexity index is 1170. The number of hydrogen-bond acceptors (Lipinski definition) is 5. The molecule has 0 amide bonds. The van der Waals surface area contributed by atoms with Gasteiger partial charge in [-0.3, -0.25) is 10.1 Å². The number of H-pyrrole nitrogens is 1. The van der Waals surface area contributed by atoms with E-state index in [0.29, 0.717) is 22.8 Å². The molecule has 0 aliphatic carbocycles. The minimum absolute atomic E-state index is 0.396. The highest BCUT2D eigenvalue weighted by molar-refractivity contribution is 5.97. The van der Waals surface area contributed by atoms with Gasteiger partial charge in [-0.1, -0.05) is 36.4 Å². The predicted octanol–water partition coefficient (Wildman–Crippen LogP) is 3.78. The Hall–Kier alpha value is -3.90. The van der Waals surface area contributed by atoms with E-state index in [1.807, 2.05) is 55.5 Å². The molecule has 2 atom stereocenters. The molecule has 0 spiro atoms. The van der Waals surface area contributed by atoms with Crippen molar-refractivity contribution in [2.75, 3.05) is 5.73 Å². The molecule has 130 valence electrons. The number of anilines is 1. The first kappa shape index (κ1) is 16.6. The van der Waals surface area contributed by atoms with Gasteiger partial charge in [0.15, 0.2) is 5.82 Å². The van der Waals surface area contributed by atoms with Crippen molar-refractivity contribution in [2.45, 2.75) is 12.8 Å². The molecule has 0 saturated heterocycles. The third-order valence-electron chi connectivity index (χ3n) is 4.92. The fourth-order valence-corrected chi connectivity index (χ4v) is 3.57. The molecule has 27 heavy (non-hydrogen) atoms. The predicted molar refractivity (Wildman–Crippen MR) is 104 cm³/mol. The molecule has 0 fully saturated rings. The molecule has 0 bridgehead atoms. The summed E-state index contributed by atoms with van der Waals surface area (Å²) in [4.78, 5) is 4.61. The Morgan fingerprint density at radius 2 is 1.89 bits per heavy atom. The Morgan fingerprint density at radius 3 is 2.59 bits per heavy atom. The molecule has 1 aromatic heterocycles. The van der Waals surface area contributed by atoms with E-state index in [-0.39, 0.29) is 0 Å². The van der Waals surface area contributed by atoms with Crippen LogP contribution in [-0.2, 0) is 0 Å². The van der Waals surface area contributed by atoms with Gasteiger partial charge in [-0.05, 0) is 24.6 Å². The van der Waals surface area contributed by atoms with E-state index in [0.717, 1.165) is 22.0 Å². The zero-order valence-corrected chi connectivity index (χ0v) is 14.6. The highest BCUT2D eigenvalue weighted by Crippen LogP contribution is 2.42. The smallest absolute Gasteiger partial charge is 0.153 e. The molecule has 2 aromatic carbocycles. The average Bonchev–Trinajstić information content (AvgIpc) is 3.08. The Labute approximate surface area is 156 Å². The molecular weight excluding hydrogens is 336 g/mol. The van der Waals surface area contributed by atoms with Crippen LogP contribution in [0.1, 0.15) is 24.0 Å². The number of nitrogens with two attached hydrogens (primary N) is 1. The highest BCUT2D eigenvalue weighted by atomic mass is 15.1. The summed E-state index contributed by atoms with van der Waals surface area (Å²) >= 11 is 0. The van der Waals surface area contributed by atoms with Crippen LogP contribution in [0.4, 0.5) is 5.82 Å². The number of allylic oxidation sites excluding steroid dienone is 1. The highest BCUT2D eigenvalue weighted by Gasteiger charge is 2.35. The minimum Gasteiger partial charge on any atom is -0.382 e. The molecule has 3 N–H and O–H groups in total. The number of nitrogens with zero attached hydrogens (tertiary/aromatic N) is 4. The first-order valence-electron chi connectivity index (χ1n) is 8.52. The minimum atomic E-state index is -0.516. The SMILES string of the molecule is CC1=NC(c2ccccc2)=C(C#N)C(c2ccc3[nH]nc(N)c3c2)C1C#N. The molecule has 6 nitrogen and oxygen atoms in total. The second-order valence-corrected chi connectivity index (χ2v) is 6.49. The number of hydrogen-bond donors (Lipinski definition) is 2. The van der Waals surface area contributed by atoms with E-state index >= 15 is 0 Å². The van der Waals surface area contributed by atoms with Gasteiger partial charge >= 0.3 is 0 Å². The van der Waals surface area contributed by atoms with Crippen molar-refractivity contribution in [3.05, 3.63) is 65.2 Å². The van der Waals surface area contributed by atoms with Crippen LogP contribution < -0.4 is 5.73 Å². The maximum atomic E-state index is 9.95. The van der Waals surface area contributed by atoms with Crippen LogP contribution in [0.3, 0.4) is 0 Å². The number of nitrogen functional groups attached to an aromatic ring is 1. The van der Waals surface area contributed by atoms with E-state index in [9.17, 15) is 10.5 Å². The van der Waals surface area contributed by atoms with Crippen LogP contribution in [0, 0.1) is 28.6 Å². The van der Waals surface area contributed by atoms with E-state index in [2.05, 4.69) is 27.3 Å². The summed E-state index contributed by atoms with van der Waals surface area (Å²) in [6.07, 6.45) is 0. The third-order valence-corrected chi connectivity index (χ3v) is 4.92. The Balaban J connectivity index is 1.96. The van der Waals surface area contributed by atoms with Gasteiger partial charge in [0.2, 0.25) is 0 Å². The summed E-state index contributed by atoms with van der Waals surface area (Å²) in [6.45, 7) is 1.84. The Kier molecular flexibility index (Phi) is 3.95. The number of nitriles is 2. The number of aliphatic imine (C=N–C) groups is 1. The lowest BCUT2D eigenvalue weighted by Crippen LogP contribution is -2.24. The third kappa shape index (κ3) is 2.65. The van der Waals surface area contributed by atoms with Gasteiger partial charge in [0.1, 0.15) is 0 Å². The molecule has 2 heterocycles. The standard InChI is InChI=1S/C21H16N6/c1-12-16(10-22)19(14-7-8-18-15(9-14)21(24)27-26-18)17(11-23)20(25-12)13-5-3-2-4-6-13/h2-9,16,19H,1H3,(H3,24,26,27). The number of rotatable bonds is 2. The normalized spacial score (nSPS) is 19.4. The number of fused-ring (bicyclic) bond motifs is 1. The second-order valence-electron chi connectivity index (χ2n) is 6.49. The first-order chi connectivity index (χ1) is 13.1. The zero-order valence-electron chi connectivity index (χ0n) is 14.6. The van der Waals surface area contributed by atoms with Crippen LogP contribution >= 0.6 is 0 Å². The van der Waals surface area contributed by atoms with E-state index in [4.69, 9.17) is 5.73 Å². The molecular formula is C21H16N6. The lowest BCUT2D eigenvalue weighted by atomic mass is 9.76. The molecule has 4 rings (SSSR count). The maximum Gasteiger partial charge on any atom is 0.153 e. The summed E-state index contributed by atoms with van der Waals surface area (Å²) in [7, 11) is 0. The topological polar surface area (TPSA) is 115 Å². The van der Waals surface area contributed by atoms with E-state index in [1.54, 1.807) is 0 Å². The van der Waals surface area contributed by atoms with Crippen LogP contribution in [0.15, 0.2) is 59.1 Å². The van der Waals surface area contributed by atoms with Gasteiger partial charge in [-0.2, -0.15) is 15.6 Å². The Morgan fingerprint density at radius 1 is 1.11 bits per heavy atom. The number of nitrogens with one attached hydrogen (secondary N) is 1. The first-order valence-corrected chi connectivity index (χ1v) is 8.52. The fraction of sp³-hybridized carbons (Fsp3) is 0.143. The van der Waals surface area contributed by atoms with Crippen molar-refractivity contribution in [2.24, 2.45) is 10.9 Å². The lowest BCUT2D eigenvalue weighted by molar-refractivity contribution is 0.720. The largest absolute Gasteiger partial charge is 0.382 e. The summed E-state index contributed by atoms with van der Waals surface area (Å²) < 4.78 is 0. The van der Waals surface area contributed by atoms with Gasteiger partial charge in [0.05, 0.1) is 34.8 Å². The van der Waals surface area contributed by atoms with Crippen molar-refractivity contribution in [3.63, 3.8) is 0 Å². The van der Waals surface area contributed by atoms with Crippen molar-refractivity contribution in [3.8, 4) is 12.1 Å².